The zero-order valence-corrected chi connectivity index (χ0v) is 7.00. The first-order valence-corrected chi connectivity index (χ1v) is 3.04. The highest BCUT2D eigenvalue weighted by atomic mass is 16.7. The van der Waals surface area contributed by atoms with E-state index in [1.54, 1.807) is 0 Å². The van der Waals surface area contributed by atoms with Crippen LogP contribution in [0.1, 0.15) is 6.92 Å². The molecule has 0 heterocycles. The van der Waals surface area contributed by atoms with Crippen molar-refractivity contribution in [1.82, 2.24) is 0 Å². The molecule has 0 aliphatic heterocycles. The molecule has 0 unspecified atom stereocenters. The van der Waals surface area contributed by atoms with Crippen LogP contribution in [-0.4, -0.2) is 30.1 Å². The van der Waals surface area contributed by atoms with E-state index in [0.717, 1.165) is 0 Å². The van der Waals surface area contributed by atoms with Crippen molar-refractivity contribution in [2.45, 2.75) is 13.1 Å². The van der Waals surface area contributed by atoms with Gasteiger partial charge in [-0.15, -0.1) is 0 Å². The van der Waals surface area contributed by atoms with E-state index in [9.17, 15) is 10.4 Å². The summed E-state index contributed by atoms with van der Waals surface area (Å²) in [6, 6.07) is 0. The molecular weight excluding hydrogens is 168 g/mol. The molecule has 0 atom stereocenters. The maximum atomic E-state index is 10.7. The minimum atomic E-state index is -1.12. The van der Waals surface area contributed by atoms with Gasteiger partial charge in [0.25, 0.3) is 0 Å². The maximum Gasteiger partial charge on any atom is 0.413 e. The Bertz CT molecular complexity index is 171. The van der Waals surface area contributed by atoms with Crippen LogP contribution >= 0.6 is 0 Å². The van der Waals surface area contributed by atoms with Crippen molar-refractivity contribution in [3.63, 3.8) is 0 Å². The van der Waals surface area contributed by atoms with Gasteiger partial charge in [0.15, 0.2) is 0 Å². The second-order valence-corrected chi connectivity index (χ2v) is 1.77. The molecule has 8 heteroatoms. The smallest absolute Gasteiger partial charge is 0.413 e. The monoisotopic (exact) mass is 178 g/mol. The Hall–Kier alpha value is -1.60. The summed E-state index contributed by atoms with van der Waals surface area (Å²) in [7, 11) is 2.39. The fourth-order valence-electron chi connectivity index (χ4n) is 0.382. The topological polar surface area (TPSA) is 95.3 Å². The standard InChI is InChI=1S/C4H10N4O4/c1-4(7(9)5-11-2)8(10)6-12-3/h4H,1-3H3. The zero-order chi connectivity index (χ0) is 9.56. The van der Waals surface area contributed by atoms with Crippen molar-refractivity contribution >= 4 is 0 Å². The summed E-state index contributed by atoms with van der Waals surface area (Å²) in [6.07, 6.45) is -1.12. The Morgan fingerprint density at radius 1 is 1.08 bits per heavy atom. The quantitative estimate of drug-likeness (QED) is 0.269. The molecule has 0 N–H and O–H groups in total. The van der Waals surface area contributed by atoms with Crippen molar-refractivity contribution in [3.8, 4) is 0 Å². The van der Waals surface area contributed by atoms with Gasteiger partial charge in [0.1, 0.15) is 14.2 Å². The molecule has 0 aliphatic rings. The molecule has 0 radical (unpaired) electrons. The zero-order valence-electron chi connectivity index (χ0n) is 7.00. The molecule has 0 bridgehead atoms. The SMILES string of the molecule is CON=[N+]([O-])C(C)[N+]([O-])=NOC. The first-order valence-electron chi connectivity index (χ1n) is 3.04. The molecule has 0 saturated carbocycles. The molecule has 70 valence electrons. The van der Waals surface area contributed by atoms with Crippen LogP contribution in [0.25, 0.3) is 0 Å². The average molecular weight is 178 g/mol. The van der Waals surface area contributed by atoms with Crippen molar-refractivity contribution in [3.05, 3.63) is 10.4 Å². The lowest BCUT2D eigenvalue weighted by molar-refractivity contribution is -0.792. The van der Waals surface area contributed by atoms with Gasteiger partial charge < -0.3 is 20.1 Å². The van der Waals surface area contributed by atoms with Crippen LogP contribution in [0.5, 0.6) is 0 Å². The summed E-state index contributed by atoms with van der Waals surface area (Å²) in [5.74, 6) is 0. The number of hydrogen-bond donors (Lipinski definition) is 0. The summed E-state index contributed by atoms with van der Waals surface area (Å²) in [5, 5.41) is 27.4. The highest BCUT2D eigenvalue weighted by molar-refractivity contribution is 4.19. The second-order valence-electron chi connectivity index (χ2n) is 1.77. The van der Waals surface area contributed by atoms with E-state index >= 15 is 0 Å². The summed E-state index contributed by atoms with van der Waals surface area (Å²) < 4.78 is 0. The molecule has 0 spiro atoms. The first-order chi connectivity index (χ1) is 5.63. The highest BCUT2D eigenvalue weighted by Crippen LogP contribution is 1.93. The maximum absolute atomic E-state index is 10.7. The molecule has 0 rings (SSSR count). The van der Waals surface area contributed by atoms with Crippen molar-refractivity contribution < 1.29 is 19.4 Å². The Morgan fingerprint density at radius 3 is 1.67 bits per heavy atom. The summed E-state index contributed by atoms with van der Waals surface area (Å²) in [4.78, 5) is 8.42. The molecule has 0 aliphatic carbocycles. The van der Waals surface area contributed by atoms with Crippen molar-refractivity contribution in [1.29, 1.82) is 0 Å². The third-order valence-electron chi connectivity index (χ3n) is 0.964. The molecule has 8 nitrogen and oxygen atoms in total. The number of nitrogens with zero attached hydrogens (tertiary/aromatic N) is 4. The largest absolute Gasteiger partial charge is 0.592 e. The van der Waals surface area contributed by atoms with Crippen LogP contribution in [0.15, 0.2) is 10.6 Å². The molecule has 0 saturated heterocycles. The minimum absolute atomic E-state index is 0.0650. The summed E-state index contributed by atoms with van der Waals surface area (Å²) in [5.41, 5.74) is 0. The van der Waals surface area contributed by atoms with Crippen LogP contribution in [0.2, 0.25) is 0 Å². The predicted octanol–water partition coefficient (Wildman–Crippen LogP) is 0.380. The van der Waals surface area contributed by atoms with E-state index in [2.05, 4.69) is 20.2 Å². The second kappa shape index (κ2) is 5.10. The van der Waals surface area contributed by atoms with Gasteiger partial charge in [0, 0.05) is 9.72 Å². The van der Waals surface area contributed by atoms with Crippen LogP contribution in [-0.2, 0) is 9.68 Å². The van der Waals surface area contributed by atoms with Crippen LogP contribution in [0.3, 0.4) is 0 Å². The third kappa shape index (κ3) is 2.99. The number of hydroxylamine groups is 2. The number of hydrogen-bond acceptors (Lipinski definition) is 6. The van der Waals surface area contributed by atoms with E-state index in [0.29, 0.717) is 0 Å². The lowest BCUT2D eigenvalue weighted by atomic mass is 10.6. The molecule has 0 aromatic rings. The van der Waals surface area contributed by atoms with Gasteiger partial charge in [-0.05, 0) is 0 Å². The molecule has 0 aromatic carbocycles. The van der Waals surface area contributed by atoms with Crippen LogP contribution in [0.4, 0.5) is 0 Å². The van der Waals surface area contributed by atoms with Gasteiger partial charge in [-0.3, -0.25) is 0 Å². The fraction of sp³-hybridized carbons (Fsp3) is 1.00. The van der Waals surface area contributed by atoms with Crippen molar-refractivity contribution in [2.24, 2.45) is 10.6 Å². The first kappa shape index (κ1) is 10.4. The Labute approximate surface area is 68.8 Å². The van der Waals surface area contributed by atoms with Crippen LogP contribution in [0, 0.1) is 10.4 Å². The molecular formula is C4H10N4O4. The molecule has 0 fully saturated rings. The minimum Gasteiger partial charge on any atom is -0.592 e. The molecule has 0 aromatic heterocycles. The summed E-state index contributed by atoms with van der Waals surface area (Å²) >= 11 is 0. The Kier molecular flexibility index (Phi) is 4.42. The lowest BCUT2D eigenvalue weighted by Crippen LogP contribution is -2.26. The Morgan fingerprint density at radius 2 is 1.42 bits per heavy atom. The highest BCUT2D eigenvalue weighted by Gasteiger charge is 2.21. The molecule has 0 amide bonds. The molecule has 12 heavy (non-hydrogen) atoms. The van der Waals surface area contributed by atoms with E-state index in [-0.39, 0.29) is 9.72 Å². The van der Waals surface area contributed by atoms with Gasteiger partial charge >= 0.3 is 6.17 Å². The fourth-order valence-corrected chi connectivity index (χ4v) is 0.382. The van der Waals surface area contributed by atoms with E-state index in [1.165, 1.54) is 21.1 Å². The average Bonchev–Trinajstić information content (AvgIpc) is 2.04. The van der Waals surface area contributed by atoms with Crippen LogP contribution < -0.4 is 0 Å². The van der Waals surface area contributed by atoms with E-state index < -0.39 is 6.17 Å². The number of rotatable bonds is 4. The normalized spacial score (nSPS) is 15.6. The van der Waals surface area contributed by atoms with Crippen molar-refractivity contribution in [2.75, 3.05) is 14.2 Å². The van der Waals surface area contributed by atoms with Gasteiger partial charge in [0.2, 0.25) is 10.6 Å². The lowest BCUT2D eigenvalue weighted by Gasteiger charge is -2.04. The van der Waals surface area contributed by atoms with E-state index in [4.69, 9.17) is 0 Å². The third-order valence-corrected chi connectivity index (χ3v) is 0.964. The van der Waals surface area contributed by atoms with Gasteiger partial charge in [-0.2, -0.15) is 0 Å². The van der Waals surface area contributed by atoms with E-state index in [1.807, 2.05) is 0 Å². The predicted molar refractivity (Wildman–Crippen MR) is 35.6 cm³/mol. The van der Waals surface area contributed by atoms with Gasteiger partial charge in [0.05, 0.1) is 6.92 Å². The van der Waals surface area contributed by atoms with Gasteiger partial charge in [-0.1, -0.05) is 0 Å². The van der Waals surface area contributed by atoms with Gasteiger partial charge in [-0.25, -0.2) is 0 Å². The summed E-state index contributed by atoms with van der Waals surface area (Å²) in [6.45, 7) is 1.30. The Balaban J connectivity index is 4.28.